The second-order valence-corrected chi connectivity index (χ2v) is 5.39. The Labute approximate surface area is 127 Å². The molecule has 1 aromatic rings. The molecule has 0 aliphatic carbocycles. The van der Waals surface area contributed by atoms with E-state index in [-0.39, 0.29) is 18.4 Å². The predicted octanol–water partition coefficient (Wildman–Crippen LogP) is 4.47. The summed E-state index contributed by atoms with van der Waals surface area (Å²) in [5, 5.41) is 4.45. The van der Waals surface area contributed by atoms with E-state index >= 15 is 0 Å². The van der Waals surface area contributed by atoms with E-state index in [9.17, 15) is 31.1 Å². The molecule has 0 bridgehead atoms. The van der Waals surface area contributed by atoms with E-state index in [1.807, 2.05) is 0 Å². The number of amides is 1. The molecule has 1 aromatic carbocycles. The summed E-state index contributed by atoms with van der Waals surface area (Å²) in [4.78, 5) is 11.9. The summed E-state index contributed by atoms with van der Waals surface area (Å²) in [6, 6.07) is 0.983. The van der Waals surface area contributed by atoms with E-state index in [1.54, 1.807) is 13.8 Å². The maximum atomic E-state index is 12.8. The number of anilines is 1. The van der Waals surface area contributed by atoms with Gasteiger partial charge in [0.05, 0.1) is 28.9 Å². The smallest absolute Gasteiger partial charge is 0.272 e. The topological polar surface area (TPSA) is 32.7 Å². The van der Waals surface area contributed by atoms with Gasteiger partial charge in [-0.25, -0.2) is 5.01 Å². The number of halogens is 6. The second kappa shape index (κ2) is 5.54. The Kier molecular flexibility index (Phi) is 4.16. The van der Waals surface area contributed by atoms with Crippen molar-refractivity contribution in [3.05, 3.63) is 29.3 Å². The van der Waals surface area contributed by atoms with E-state index in [1.165, 1.54) is 0 Å². The zero-order valence-electron chi connectivity index (χ0n) is 12.1. The van der Waals surface area contributed by atoms with Crippen LogP contribution in [0.5, 0.6) is 0 Å². The first-order chi connectivity index (χ1) is 10.4. The Morgan fingerprint density at radius 2 is 1.48 bits per heavy atom. The van der Waals surface area contributed by atoms with Crippen LogP contribution >= 0.6 is 0 Å². The van der Waals surface area contributed by atoms with Gasteiger partial charge in [0.1, 0.15) is 0 Å². The molecule has 0 N–H and O–H groups in total. The standard InChI is InChI=1S/C14H12F6N2O/c1-7(2)11-6-12(23)22(21-11)10-4-8(13(15,16)17)3-9(5-10)14(18,19)20/h3-5,7H,6H2,1-2H3. The lowest BCUT2D eigenvalue weighted by Gasteiger charge is -2.17. The van der Waals surface area contributed by atoms with E-state index in [0.29, 0.717) is 22.9 Å². The lowest BCUT2D eigenvalue weighted by molar-refractivity contribution is -0.143. The molecule has 0 aromatic heterocycles. The van der Waals surface area contributed by atoms with Crippen LogP contribution in [0.3, 0.4) is 0 Å². The molecule has 0 spiro atoms. The molecule has 0 atom stereocenters. The van der Waals surface area contributed by atoms with Gasteiger partial charge in [-0.1, -0.05) is 13.8 Å². The molecule has 1 aliphatic heterocycles. The van der Waals surface area contributed by atoms with Crippen LogP contribution < -0.4 is 5.01 Å². The van der Waals surface area contributed by atoms with Crippen molar-refractivity contribution in [1.82, 2.24) is 0 Å². The Balaban J connectivity index is 2.56. The van der Waals surface area contributed by atoms with Crippen LogP contribution in [0.1, 0.15) is 31.4 Å². The third-order valence-corrected chi connectivity index (χ3v) is 3.28. The van der Waals surface area contributed by atoms with Crippen molar-refractivity contribution in [2.45, 2.75) is 32.6 Å². The van der Waals surface area contributed by atoms with Crippen molar-refractivity contribution < 1.29 is 31.1 Å². The van der Waals surface area contributed by atoms with Gasteiger partial charge in [0, 0.05) is 0 Å². The van der Waals surface area contributed by atoms with Crippen molar-refractivity contribution in [3.63, 3.8) is 0 Å². The van der Waals surface area contributed by atoms with E-state index in [0.717, 1.165) is 0 Å². The van der Waals surface area contributed by atoms with Gasteiger partial charge >= 0.3 is 12.4 Å². The zero-order valence-corrected chi connectivity index (χ0v) is 12.1. The summed E-state index contributed by atoms with van der Waals surface area (Å²) in [7, 11) is 0. The highest BCUT2D eigenvalue weighted by atomic mass is 19.4. The maximum Gasteiger partial charge on any atom is 0.416 e. The SMILES string of the molecule is CC(C)C1=NN(c2cc(C(F)(F)F)cc(C(F)(F)F)c2)C(=O)C1. The molecule has 1 amide bonds. The number of benzene rings is 1. The molecule has 9 heteroatoms. The molecule has 1 heterocycles. The summed E-state index contributed by atoms with van der Waals surface area (Å²) in [6.07, 6.45) is -10.1. The number of carbonyl (C=O) groups is 1. The minimum atomic E-state index is -4.97. The van der Waals surface area contributed by atoms with E-state index in [4.69, 9.17) is 0 Å². The quantitative estimate of drug-likeness (QED) is 0.732. The van der Waals surface area contributed by atoms with Gasteiger partial charge < -0.3 is 0 Å². The van der Waals surface area contributed by atoms with Crippen molar-refractivity contribution in [3.8, 4) is 0 Å². The summed E-state index contributed by atoms with van der Waals surface area (Å²) in [5.41, 5.74) is -3.11. The summed E-state index contributed by atoms with van der Waals surface area (Å²) < 4.78 is 76.9. The van der Waals surface area contributed by atoms with E-state index < -0.39 is 35.1 Å². The average Bonchev–Trinajstić information content (AvgIpc) is 2.78. The molecular weight excluding hydrogens is 326 g/mol. The zero-order chi connectivity index (χ0) is 17.6. The number of hydrogen-bond donors (Lipinski definition) is 0. The summed E-state index contributed by atoms with van der Waals surface area (Å²) in [6.45, 7) is 3.45. The lowest BCUT2D eigenvalue weighted by Crippen LogP contribution is -2.21. The van der Waals surface area contributed by atoms with Crippen LogP contribution in [0.2, 0.25) is 0 Å². The first-order valence-electron chi connectivity index (χ1n) is 6.59. The maximum absolute atomic E-state index is 12.8. The molecule has 2 rings (SSSR count). The molecule has 0 radical (unpaired) electrons. The van der Waals surface area contributed by atoms with Crippen LogP contribution in [0.4, 0.5) is 32.0 Å². The molecule has 1 aliphatic rings. The van der Waals surface area contributed by atoms with Crippen LogP contribution in [0, 0.1) is 5.92 Å². The van der Waals surface area contributed by atoms with Crippen molar-refractivity contribution >= 4 is 17.3 Å². The van der Waals surface area contributed by atoms with Crippen LogP contribution in [0.15, 0.2) is 23.3 Å². The highest BCUT2D eigenvalue weighted by Gasteiger charge is 2.38. The monoisotopic (exact) mass is 338 g/mol. The number of rotatable bonds is 2. The molecule has 0 unspecified atom stereocenters. The van der Waals surface area contributed by atoms with E-state index in [2.05, 4.69) is 5.10 Å². The normalized spacial score (nSPS) is 16.3. The third kappa shape index (κ3) is 3.65. The Morgan fingerprint density at radius 3 is 1.83 bits per heavy atom. The first-order valence-corrected chi connectivity index (χ1v) is 6.59. The number of carbonyl (C=O) groups excluding carboxylic acids is 1. The Hall–Kier alpha value is -2.06. The fourth-order valence-corrected chi connectivity index (χ4v) is 2.03. The van der Waals surface area contributed by atoms with Gasteiger partial charge in [-0.05, 0) is 24.1 Å². The molecule has 23 heavy (non-hydrogen) atoms. The van der Waals surface area contributed by atoms with Crippen molar-refractivity contribution in [2.24, 2.45) is 11.0 Å². The third-order valence-electron chi connectivity index (χ3n) is 3.28. The lowest BCUT2D eigenvalue weighted by atomic mass is 10.1. The Bertz CT molecular complexity index is 628. The summed E-state index contributed by atoms with van der Waals surface area (Å²) in [5.74, 6) is -0.807. The minimum absolute atomic E-state index is 0.0110. The van der Waals surface area contributed by atoms with Gasteiger partial charge in [0.25, 0.3) is 5.91 Å². The van der Waals surface area contributed by atoms with Gasteiger partial charge in [-0.2, -0.15) is 31.4 Å². The molecule has 3 nitrogen and oxygen atoms in total. The number of alkyl halides is 6. The molecule has 0 fully saturated rings. The van der Waals surface area contributed by atoms with Gasteiger partial charge in [-0.3, -0.25) is 4.79 Å². The first kappa shape index (κ1) is 17.3. The average molecular weight is 338 g/mol. The fourth-order valence-electron chi connectivity index (χ4n) is 2.03. The highest BCUT2D eigenvalue weighted by molar-refractivity contribution is 6.13. The second-order valence-electron chi connectivity index (χ2n) is 5.39. The number of hydrazone groups is 1. The van der Waals surface area contributed by atoms with Gasteiger partial charge in [0.15, 0.2) is 0 Å². The van der Waals surface area contributed by atoms with Gasteiger partial charge in [-0.15, -0.1) is 0 Å². The molecule has 126 valence electrons. The van der Waals surface area contributed by atoms with Crippen LogP contribution in [-0.2, 0) is 17.1 Å². The predicted molar refractivity (Wildman–Crippen MR) is 70.8 cm³/mol. The van der Waals surface area contributed by atoms with Crippen molar-refractivity contribution in [2.75, 3.05) is 5.01 Å². The highest BCUT2D eigenvalue weighted by Crippen LogP contribution is 2.39. The minimum Gasteiger partial charge on any atom is -0.272 e. The largest absolute Gasteiger partial charge is 0.416 e. The fraction of sp³-hybridized carbons (Fsp3) is 0.429. The molecule has 0 saturated carbocycles. The molecular formula is C14H12F6N2O. The molecule has 0 saturated heterocycles. The number of hydrogen-bond acceptors (Lipinski definition) is 2. The van der Waals surface area contributed by atoms with Crippen LogP contribution in [-0.4, -0.2) is 11.6 Å². The summed E-state index contributed by atoms with van der Waals surface area (Å²) >= 11 is 0. The van der Waals surface area contributed by atoms with Crippen molar-refractivity contribution in [1.29, 1.82) is 0 Å². The van der Waals surface area contributed by atoms with Crippen LogP contribution in [0.25, 0.3) is 0 Å². The van der Waals surface area contributed by atoms with Gasteiger partial charge in [0.2, 0.25) is 0 Å². The number of nitrogens with zero attached hydrogens (tertiary/aromatic N) is 2. The Morgan fingerprint density at radius 1 is 1.00 bits per heavy atom.